The highest BCUT2D eigenvalue weighted by Gasteiger charge is 2.41. The van der Waals surface area contributed by atoms with Gasteiger partial charge in [-0.2, -0.15) is 0 Å². The van der Waals surface area contributed by atoms with Crippen LogP contribution in [0.5, 0.6) is 0 Å². The predicted molar refractivity (Wildman–Crippen MR) is 67.0 cm³/mol. The van der Waals surface area contributed by atoms with Crippen molar-refractivity contribution in [2.24, 2.45) is 5.92 Å². The third-order valence-corrected chi connectivity index (χ3v) is 4.65. The van der Waals surface area contributed by atoms with Crippen LogP contribution in [0, 0.1) is 5.92 Å². The molecule has 100 valence electrons. The van der Waals surface area contributed by atoms with Crippen molar-refractivity contribution in [3.63, 3.8) is 0 Å². The summed E-state index contributed by atoms with van der Waals surface area (Å²) in [7, 11) is 0. The third-order valence-electron chi connectivity index (χ3n) is 4.65. The first-order valence-electron chi connectivity index (χ1n) is 7.00. The van der Waals surface area contributed by atoms with Gasteiger partial charge in [0.15, 0.2) is 0 Å². The number of hydrogen-bond donors (Lipinski definition) is 2. The van der Waals surface area contributed by atoms with E-state index in [-0.39, 0.29) is 24.0 Å². The minimum Gasteiger partial charge on any atom is -0.352 e. The number of rotatable bonds is 1. The summed E-state index contributed by atoms with van der Waals surface area (Å²) < 4.78 is 0. The summed E-state index contributed by atoms with van der Waals surface area (Å²) in [5.41, 5.74) is 0. The molecule has 2 bridgehead atoms. The first-order valence-corrected chi connectivity index (χ1v) is 7.00. The molecule has 3 aliphatic rings. The Bertz CT molecular complexity index is 371. The van der Waals surface area contributed by atoms with Crippen molar-refractivity contribution in [3.8, 4) is 0 Å². The largest absolute Gasteiger partial charge is 0.352 e. The summed E-state index contributed by atoms with van der Waals surface area (Å²) in [5.74, 6) is 0.817. The topological polar surface area (TPSA) is 61.4 Å². The van der Waals surface area contributed by atoms with Crippen molar-refractivity contribution in [2.75, 3.05) is 6.54 Å². The van der Waals surface area contributed by atoms with Gasteiger partial charge in [-0.25, -0.2) is 4.79 Å². The van der Waals surface area contributed by atoms with Crippen LogP contribution in [0.2, 0.25) is 0 Å². The second-order valence-electron chi connectivity index (χ2n) is 5.94. The van der Waals surface area contributed by atoms with E-state index in [1.165, 1.54) is 12.8 Å². The Morgan fingerprint density at radius 3 is 2.83 bits per heavy atom. The van der Waals surface area contributed by atoms with E-state index < -0.39 is 0 Å². The highest BCUT2D eigenvalue weighted by molar-refractivity contribution is 5.79. The van der Waals surface area contributed by atoms with Crippen LogP contribution in [0.4, 0.5) is 4.79 Å². The van der Waals surface area contributed by atoms with Crippen LogP contribution in [-0.2, 0) is 4.79 Å². The standard InChI is InChI=1S/C13H21N3O2/c1-8-11(4-5-12(17)14-8)15-13(18)16-7-9-2-3-10(16)6-9/h8-11H,2-7H2,1H3,(H,14,17)(H,15,18)/t8-,9+,10+,11+/m1/s1. The van der Waals surface area contributed by atoms with Crippen LogP contribution in [0.15, 0.2) is 0 Å². The van der Waals surface area contributed by atoms with Crippen LogP contribution in [0.1, 0.15) is 39.0 Å². The van der Waals surface area contributed by atoms with E-state index in [2.05, 4.69) is 10.6 Å². The zero-order chi connectivity index (χ0) is 12.7. The van der Waals surface area contributed by atoms with Crippen LogP contribution in [-0.4, -0.2) is 41.5 Å². The molecular formula is C13H21N3O2. The highest BCUT2D eigenvalue weighted by Crippen LogP contribution is 2.37. The Kier molecular flexibility index (Phi) is 2.92. The van der Waals surface area contributed by atoms with E-state index in [4.69, 9.17) is 0 Å². The van der Waals surface area contributed by atoms with Gasteiger partial charge in [-0.3, -0.25) is 4.79 Å². The number of carbonyl (C=O) groups excluding carboxylic acids is 2. The molecule has 0 unspecified atom stereocenters. The van der Waals surface area contributed by atoms with Gasteiger partial charge in [0.2, 0.25) is 5.91 Å². The third kappa shape index (κ3) is 2.06. The first kappa shape index (κ1) is 11.8. The fraction of sp³-hybridized carbons (Fsp3) is 0.846. The molecule has 3 amide bonds. The van der Waals surface area contributed by atoms with Crippen molar-refractivity contribution >= 4 is 11.9 Å². The van der Waals surface area contributed by atoms with Gasteiger partial charge in [0.1, 0.15) is 0 Å². The van der Waals surface area contributed by atoms with Crippen LogP contribution in [0.3, 0.4) is 0 Å². The smallest absolute Gasteiger partial charge is 0.317 e. The number of urea groups is 1. The zero-order valence-corrected chi connectivity index (χ0v) is 10.8. The summed E-state index contributed by atoms with van der Waals surface area (Å²) in [6.45, 7) is 2.88. The van der Waals surface area contributed by atoms with Gasteiger partial charge < -0.3 is 15.5 Å². The van der Waals surface area contributed by atoms with Gasteiger partial charge >= 0.3 is 6.03 Å². The molecule has 18 heavy (non-hydrogen) atoms. The predicted octanol–water partition coefficient (Wildman–Crippen LogP) is 0.847. The molecule has 1 saturated carbocycles. The Hall–Kier alpha value is -1.26. The summed E-state index contributed by atoms with van der Waals surface area (Å²) in [6, 6.07) is 0.642. The molecule has 0 aromatic rings. The van der Waals surface area contributed by atoms with Gasteiger partial charge in [-0.1, -0.05) is 0 Å². The summed E-state index contributed by atoms with van der Waals surface area (Å²) in [4.78, 5) is 25.5. The monoisotopic (exact) mass is 251 g/mol. The maximum absolute atomic E-state index is 12.2. The highest BCUT2D eigenvalue weighted by atomic mass is 16.2. The normalized spacial score (nSPS) is 38.7. The van der Waals surface area contributed by atoms with Crippen molar-refractivity contribution in [2.45, 2.75) is 57.2 Å². The van der Waals surface area contributed by atoms with Gasteiger partial charge in [0, 0.05) is 25.0 Å². The lowest BCUT2D eigenvalue weighted by Crippen LogP contribution is -2.57. The van der Waals surface area contributed by atoms with E-state index >= 15 is 0 Å². The maximum atomic E-state index is 12.2. The molecular weight excluding hydrogens is 230 g/mol. The number of piperidine rings is 2. The van der Waals surface area contributed by atoms with E-state index in [9.17, 15) is 9.59 Å². The Morgan fingerprint density at radius 1 is 1.39 bits per heavy atom. The second kappa shape index (κ2) is 4.44. The quantitative estimate of drug-likeness (QED) is 0.725. The number of carbonyl (C=O) groups is 2. The van der Waals surface area contributed by atoms with Crippen molar-refractivity contribution in [1.82, 2.24) is 15.5 Å². The van der Waals surface area contributed by atoms with Gasteiger partial charge in [0.05, 0.1) is 6.04 Å². The van der Waals surface area contributed by atoms with Crippen molar-refractivity contribution in [1.29, 1.82) is 0 Å². The number of amides is 3. The molecule has 0 aromatic carbocycles. The lowest BCUT2D eigenvalue weighted by Gasteiger charge is -2.34. The van der Waals surface area contributed by atoms with E-state index in [1.54, 1.807) is 0 Å². The first-order chi connectivity index (χ1) is 8.63. The van der Waals surface area contributed by atoms with Crippen LogP contribution in [0.25, 0.3) is 0 Å². The van der Waals surface area contributed by atoms with Gasteiger partial charge in [-0.05, 0) is 38.5 Å². The molecule has 5 nitrogen and oxygen atoms in total. The average molecular weight is 251 g/mol. The number of likely N-dealkylation sites (tertiary alicyclic amines) is 1. The molecule has 2 saturated heterocycles. The van der Waals surface area contributed by atoms with Crippen molar-refractivity contribution in [3.05, 3.63) is 0 Å². The maximum Gasteiger partial charge on any atom is 0.317 e. The number of nitrogens with zero attached hydrogens (tertiary/aromatic N) is 1. The molecule has 0 aromatic heterocycles. The molecule has 2 N–H and O–H groups in total. The lowest BCUT2D eigenvalue weighted by molar-refractivity contribution is -0.123. The van der Waals surface area contributed by atoms with Gasteiger partial charge in [-0.15, -0.1) is 0 Å². The molecule has 3 fully saturated rings. The van der Waals surface area contributed by atoms with E-state index in [0.717, 1.165) is 25.3 Å². The molecule has 3 rings (SSSR count). The molecule has 0 spiro atoms. The zero-order valence-electron chi connectivity index (χ0n) is 10.8. The molecule has 0 radical (unpaired) electrons. The van der Waals surface area contributed by atoms with E-state index in [0.29, 0.717) is 12.5 Å². The summed E-state index contributed by atoms with van der Waals surface area (Å²) in [6.07, 6.45) is 4.89. The Labute approximate surface area is 107 Å². The second-order valence-corrected chi connectivity index (χ2v) is 5.94. The fourth-order valence-corrected chi connectivity index (χ4v) is 3.58. The fourth-order valence-electron chi connectivity index (χ4n) is 3.58. The Morgan fingerprint density at radius 2 is 2.22 bits per heavy atom. The minimum atomic E-state index is 0.0370. The molecule has 1 aliphatic carbocycles. The molecule has 5 heteroatoms. The molecule has 2 heterocycles. The SMILES string of the molecule is C[C@H]1NC(=O)CC[C@@H]1NC(=O)N1C[C@H]2CC[C@H]1C2. The van der Waals surface area contributed by atoms with Crippen molar-refractivity contribution < 1.29 is 9.59 Å². The molecule has 4 atom stereocenters. The minimum absolute atomic E-state index is 0.0370. The number of fused-ring (bicyclic) bond motifs is 2. The summed E-state index contributed by atoms with van der Waals surface area (Å²) >= 11 is 0. The lowest BCUT2D eigenvalue weighted by atomic mass is 9.99. The Balaban J connectivity index is 1.56. The molecule has 2 aliphatic heterocycles. The van der Waals surface area contributed by atoms with E-state index in [1.807, 2.05) is 11.8 Å². The number of hydrogen-bond acceptors (Lipinski definition) is 2. The average Bonchev–Trinajstić information content (AvgIpc) is 2.94. The van der Waals surface area contributed by atoms with Gasteiger partial charge in [0.25, 0.3) is 0 Å². The van der Waals surface area contributed by atoms with Crippen LogP contribution >= 0.6 is 0 Å². The summed E-state index contributed by atoms with van der Waals surface area (Å²) in [5, 5.41) is 5.98. The number of nitrogens with one attached hydrogen (secondary N) is 2. The van der Waals surface area contributed by atoms with Crippen LogP contribution < -0.4 is 10.6 Å².